The maximum Gasteiger partial charge on any atom is 0.260 e. The Hall–Kier alpha value is -2.83. The van der Waals surface area contributed by atoms with Crippen LogP contribution in [0.5, 0.6) is 17.5 Å². The molecule has 0 radical (unpaired) electrons. The van der Waals surface area contributed by atoms with Gasteiger partial charge in [-0.2, -0.15) is 0 Å². The molecule has 0 spiro atoms. The van der Waals surface area contributed by atoms with E-state index in [9.17, 15) is 4.79 Å². The van der Waals surface area contributed by atoms with Crippen LogP contribution in [0.15, 0.2) is 36.4 Å². The summed E-state index contributed by atoms with van der Waals surface area (Å²) in [6.45, 7) is 3.19. The van der Waals surface area contributed by atoms with Gasteiger partial charge in [-0.25, -0.2) is 0 Å². The second-order valence-electron chi connectivity index (χ2n) is 5.88. The van der Waals surface area contributed by atoms with Gasteiger partial charge in [0.15, 0.2) is 6.61 Å². The number of aryl methyl sites for hydroxylation is 1. The summed E-state index contributed by atoms with van der Waals surface area (Å²) in [7, 11) is 1.53. The van der Waals surface area contributed by atoms with Gasteiger partial charge in [0, 0.05) is 25.1 Å². The molecule has 7 nitrogen and oxygen atoms in total. The highest BCUT2D eigenvalue weighted by Crippen LogP contribution is 2.18. The highest BCUT2D eigenvalue weighted by molar-refractivity contribution is 5.78. The first-order valence-electron chi connectivity index (χ1n) is 8.15. The Morgan fingerprint density at radius 2 is 1.88 bits per heavy atom. The van der Waals surface area contributed by atoms with E-state index < -0.39 is 0 Å². The Morgan fingerprint density at radius 1 is 1.16 bits per heavy atom. The molecule has 1 aromatic carbocycles. The molecule has 1 fully saturated rings. The van der Waals surface area contributed by atoms with Crippen molar-refractivity contribution in [2.75, 3.05) is 26.8 Å². The molecule has 1 amide bonds. The summed E-state index contributed by atoms with van der Waals surface area (Å²) >= 11 is 0. The monoisotopic (exact) mass is 343 g/mol. The van der Waals surface area contributed by atoms with E-state index in [1.165, 1.54) is 7.11 Å². The van der Waals surface area contributed by atoms with Gasteiger partial charge in [0.05, 0.1) is 13.7 Å². The summed E-state index contributed by atoms with van der Waals surface area (Å²) in [5, 5.41) is 7.81. The molecule has 1 aliphatic rings. The van der Waals surface area contributed by atoms with E-state index in [0.29, 0.717) is 30.6 Å². The fourth-order valence-corrected chi connectivity index (χ4v) is 2.57. The summed E-state index contributed by atoms with van der Waals surface area (Å²) in [4.78, 5) is 14.0. The first-order valence-corrected chi connectivity index (χ1v) is 8.15. The van der Waals surface area contributed by atoms with E-state index in [0.717, 1.165) is 12.0 Å². The quantitative estimate of drug-likeness (QED) is 0.797. The minimum absolute atomic E-state index is 0.0259. The molecule has 1 atom stereocenters. The van der Waals surface area contributed by atoms with E-state index in [-0.39, 0.29) is 18.6 Å². The van der Waals surface area contributed by atoms with Gasteiger partial charge in [0.25, 0.3) is 5.91 Å². The summed E-state index contributed by atoms with van der Waals surface area (Å²) in [6, 6.07) is 11.0. The van der Waals surface area contributed by atoms with Crippen molar-refractivity contribution in [3.63, 3.8) is 0 Å². The van der Waals surface area contributed by atoms with Crippen LogP contribution in [0, 0.1) is 6.92 Å². The number of hydrogen-bond acceptors (Lipinski definition) is 6. The molecule has 2 heterocycles. The Bertz CT molecular complexity index is 703. The Morgan fingerprint density at radius 3 is 2.56 bits per heavy atom. The predicted molar refractivity (Wildman–Crippen MR) is 90.9 cm³/mol. The van der Waals surface area contributed by atoms with Crippen molar-refractivity contribution in [1.29, 1.82) is 0 Å². The van der Waals surface area contributed by atoms with E-state index in [1.807, 2.05) is 31.2 Å². The third kappa shape index (κ3) is 4.59. The van der Waals surface area contributed by atoms with Crippen molar-refractivity contribution < 1.29 is 19.0 Å². The molecule has 0 aliphatic carbocycles. The lowest BCUT2D eigenvalue weighted by atomic mass is 10.2. The molecule has 25 heavy (non-hydrogen) atoms. The van der Waals surface area contributed by atoms with Crippen LogP contribution in [0.25, 0.3) is 0 Å². The average molecular weight is 343 g/mol. The maximum absolute atomic E-state index is 12.3. The molecule has 1 saturated heterocycles. The van der Waals surface area contributed by atoms with Gasteiger partial charge in [-0.05, 0) is 19.1 Å². The topological polar surface area (TPSA) is 73.8 Å². The van der Waals surface area contributed by atoms with Crippen molar-refractivity contribution in [2.45, 2.75) is 19.4 Å². The summed E-state index contributed by atoms with van der Waals surface area (Å²) in [6.07, 6.45) is 0.662. The fourth-order valence-electron chi connectivity index (χ4n) is 2.57. The number of amides is 1. The average Bonchev–Trinajstić information content (AvgIpc) is 3.10. The van der Waals surface area contributed by atoms with Crippen molar-refractivity contribution in [3.8, 4) is 17.5 Å². The summed E-state index contributed by atoms with van der Waals surface area (Å²) in [5.74, 6) is 1.51. The van der Waals surface area contributed by atoms with Crippen LogP contribution in [-0.2, 0) is 4.79 Å². The zero-order valence-corrected chi connectivity index (χ0v) is 14.3. The lowest BCUT2D eigenvalue weighted by Crippen LogP contribution is -2.34. The first-order chi connectivity index (χ1) is 12.1. The standard InChI is InChI=1S/C18H21N3O4/c1-13-3-5-14(6-4-13)24-12-18(22)21-10-9-15(11-21)25-17-8-7-16(23-2)19-20-17/h3-8,15H,9-12H2,1-2H3. The highest BCUT2D eigenvalue weighted by atomic mass is 16.5. The van der Waals surface area contributed by atoms with E-state index >= 15 is 0 Å². The van der Waals surface area contributed by atoms with E-state index in [4.69, 9.17) is 14.2 Å². The maximum atomic E-state index is 12.3. The van der Waals surface area contributed by atoms with Crippen LogP contribution in [0.1, 0.15) is 12.0 Å². The van der Waals surface area contributed by atoms with Gasteiger partial charge in [-0.1, -0.05) is 17.7 Å². The number of likely N-dealkylation sites (tertiary alicyclic amines) is 1. The molecule has 2 aromatic rings. The smallest absolute Gasteiger partial charge is 0.260 e. The number of carbonyl (C=O) groups is 1. The molecular formula is C18H21N3O4. The van der Waals surface area contributed by atoms with Crippen LogP contribution in [0.3, 0.4) is 0 Å². The van der Waals surface area contributed by atoms with Crippen LogP contribution >= 0.6 is 0 Å². The van der Waals surface area contributed by atoms with Gasteiger partial charge in [-0.15, -0.1) is 10.2 Å². The molecule has 0 saturated carbocycles. The number of hydrogen-bond donors (Lipinski definition) is 0. The van der Waals surface area contributed by atoms with Gasteiger partial charge < -0.3 is 19.1 Å². The SMILES string of the molecule is COc1ccc(OC2CCN(C(=O)COc3ccc(C)cc3)C2)nn1. The molecule has 1 unspecified atom stereocenters. The molecule has 1 aliphatic heterocycles. The van der Waals surface area contributed by atoms with Gasteiger partial charge in [-0.3, -0.25) is 4.79 Å². The minimum atomic E-state index is -0.0916. The molecular weight excluding hydrogens is 322 g/mol. The van der Waals surface area contributed by atoms with E-state index in [2.05, 4.69) is 10.2 Å². The van der Waals surface area contributed by atoms with Crippen LogP contribution in [-0.4, -0.2) is 53.9 Å². The molecule has 7 heteroatoms. The molecule has 3 rings (SSSR count). The minimum Gasteiger partial charge on any atom is -0.484 e. The largest absolute Gasteiger partial charge is 0.484 e. The lowest BCUT2D eigenvalue weighted by molar-refractivity contribution is -0.132. The van der Waals surface area contributed by atoms with Crippen LogP contribution in [0.2, 0.25) is 0 Å². The second-order valence-corrected chi connectivity index (χ2v) is 5.88. The predicted octanol–water partition coefficient (Wildman–Crippen LogP) is 1.85. The fraction of sp³-hybridized carbons (Fsp3) is 0.389. The van der Waals surface area contributed by atoms with Crippen molar-refractivity contribution >= 4 is 5.91 Å². The zero-order chi connectivity index (χ0) is 17.6. The number of ether oxygens (including phenoxy) is 3. The van der Waals surface area contributed by atoms with Crippen LogP contribution < -0.4 is 14.2 Å². The second kappa shape index (κ2) is 7.83. The van der Waals surface area contributed by atoms with Crippen molar-refractivity contribution in [3.05, 3.63) is 42.0 Å². The molecule has 132 valence electrons. The number of aromatic nitrogens is 2. The van der Waals surface area contributed by atoms with Gasteiger partial charge in [0.2, 0.25) is 11.8 Å². The zero-order valence-electron chi connectivity index (χ0n) is 14.3. The normalized spacial score (nSPS) is 16.6. The number of rotatable bonds is 6. The first kappa shape index (κ1) is 17.0. The Labute approximate surface area is 146 Å². The van der Waals surface area contributed by atoms with Crippen LogP contribution in [0.4, 0.5) is 0 Å². The van der Waals surface area contributed by atoms with Gasteiger partial charge >= 0.3 is 0 Å². The lowest BCUT2D eigenvalue weighted by Gasteiger charge is -2.17. The summed E-state index contributed by atoms with van der Waals surface area (Å²) in [5.41, 5.74) is 1.15. The highest BCUT2D eigenvalue weighted by Gasteiger charge is 2.28. The number of carbonyl (C=O) groups excluding carboxylic acids is 1. The molecule has 1 aromatic heterocycles. The van der Waals surface area contributed by atoms with Crippen molar-refractivity contribution in [1.82, 2.24) is 15.1 Å². The Kier molecular flexibility index (Phi) is 5.33. The third-order valence-electron chi connectivity index (χ3n) is 3.99. The Balaban J connectivity index is 1.46. The number of methoxy groups -OCH3 is 1. The molecule has 0 bridgehead atoms. The number of benzene rings is 1. The number of nitrogens with zero attached hydrogens (tertiary/aromatic N) is 3. The van der Waals surface area contributed by atoms with Crippen molar-refractivity contribution in [2.24, 2.45) is 0 Å². The summed E-state index contributed by atoms with van der Waals surface area (Å²) < 4.78 is 16.3. The third-order valence-corrected chi connectivity index (χ3v) is 3.99. The van der Waals surface area contributed by atoms with E-state index in [1.54, 1.807) is 17.0 Å². The van der Waals surface area contributed by atoms with Gasteiger partial charge in [0.1, 0.15) is 11.9 Å². The molecule has 0 N–H and O–H groups in total.